The van der Waals surface area contributed by atoms with Crippen LogP contribution in [0.3, 0.4) is 0 Å². The standard InChI is InChI=1S/C16H19FO2/c1-4-11(9-17)10-19-12-5-6-13-14(7-12)16(2,3)8-15(13)18/h5-7,9H,4,8,10H2,1-3H3. The summed E-state index contributed by atoms with van der Waals surface area (Å²) < 4.78 is 18.1. The fourth-order valence-corrected chi connectivity index (χ4v) is 2.39. The van der Waals surface area contributed by atoms with Gasteiger partial charge >= 0.3 is 0 Å². The molecule has 0 spiro atoms. The van der Waals surface area contributed by atoms with Crippen LogP contribution in [0.2, 0.25) is 0 Å². The van der Waals surface area contributed by atoms with Gasteiger partial charge in [-0.3, -0.25) is 4.79 Å². The van der Waals surface area contributed by atoms with E-state index in [1.807, 2.05) is 19.1 Å². The summed E-state index contributed by atoms with van der Waals surface area (Å²) >= 11 is 0. The highest BCUT2D eigenvalue weighted by Crippen LogP contribution is 2.39. The molecule has 0 aromatic heterocycles. The van der Waals surface area contributed by atoms with E-state index in [1.165, 1.54) is 0 Å². The molecule has 1 aromatic rings. The Hall–Kier alpha value is -1.64. The number of Topliss-reactive ketones (excluding diaryl/α,β-unsaturated/α-hetero) is 1. The van der Waals surface area contributed by atoms with E-state index in [4.69, 9.17) is 4.74 Å². The van der Waals surface area contributed by atoms with Gasteiger partial charge in [-0.15, -0.1) is 0 Å². The van der Waals surface area contributed by atoms with Crippen molar-refractivity contribution in [1.29, 1.82) is 0 Å². The summed E-state index contributed by atoms with van der Waals surface area (Å²) in [6.45, 7) is 6.25. The van der Waals surface area contributed by atoms with Gasteiger partial charge in [0.25, 0.3) is 0 Å². The Balaban J connectivity index is 2.20. The molecular weight excluding hydrogens is 243 g/mol. The lowest BCUT2D eigenvalue weighted by molar-refractivity contribution is 0.0979. The van der Waals surface area contributed by atoms with Crippen LogP contribution in [-0.4, -0.2) is 12.4 Å². The van der Waals surface area contributed by atoms with Crippen molar-refractivity contribution in [2.24, 2.45) is 0 Å². The van der Waals surface area contributed by atoms with Gasteiger partial charge in [0.15, 0.2) is 5.78 Å². The molecule has 1 aliphatic carbocycles. The molecule has 0 amide bonds. The van der Waals surface area contributed by atoms with Crippen LogP contribution in [0.4, 0.5) is 4.39 Å². The van der Waals surface area contributed by atoms with Crippen molar-refractivity contribution in [2.45, 2.75) is 39.0 Å². The molecule has 0 saturated heterocycles. The third-order valence-electron chi connectivity index (χ3n) is 3.66. The summed E-state index contributed by atoms with van der Waals surface area (Å²) in [5, 5.41) is 0. The summed E-state index contributed by atoms with van der Waals surface area (Å²) in [4.78, 5) is 11.9. The Bertz CT molecular complexity index is 530. The summed E-state index contributed by atoms with van der Waals surface area (Å²) in [5.41, 5.74) is 2.29. The summed E-state index contributed by atoms with van der Waals surface area (Å²) in [6.07, 6.45) is 1.77. The van der Waals surface area contributed by atoms with E-state index in [0.717, 1.165) is 11.1 Å². The second-order valence-corrected chi connectivity index (χ2v) is 5.60. The Morgan fingerprint density at radius 1 is 1.47 bits per heavy atom. The number of fused-ring (bicyclic) bond motifs is 1. The molecule has 1 aliphatic rings. The molecule has 2 rings (SSSR count). The number of carbonyl (C=O) groups is 1. The van der Waals surface area contributed by atoms with Crippen LogP contribution in [-0.2, 0) is 5.41 Å². The molecular formula is C16H19FO2. The Kier molecular flexibility index (Phi) is 3.74. The number of rotatable bonds is 4. The van der Waals surface area contributed by atoms with Crippen molar-refractivity contribution in [3.05, 3.63) is 41.2 Å². The predicted octanol–water partition coefficient (Wildman–Crippen LogP) is 4.19. The van der Waals surface area contributed by atoms with Crippen molar-refractivity contribution >= 4 is 5.78 Å². The number of hydrogen-bond donors (Lipinski definition) is 0. The molecule has 102 valence electrons. The average molecular weight is 262 g/mol. The SMILES string of the molecule is CCC(=CF)COc1ccc2c(c1)C(C)(C)CC2=O. The zero-order valence-electron chi connectivity index (χ0n) is 11.6. The summed E-state index contributed by atoms with van der Waals surface area (Å²) in [7, 11) is 0. The highest BCUT2D eigenvalue weighted by atomic mass is 19.1. The van der Waals surface area contributed by atoms with Crippen LogP contribution in [0.15, 0.2) is 30.1 Å². The Labute approximate surface area is 113 Å². The van der Waals surface area contributed by atoms with E-state index >= 15 is 0 Å². The van der Waals surface area contributed by atoms with Crippen LogP contribution in [0, 0.1) is 0 Å². The van der Waals surface area contributed by atoms with E-state index in [9.17, 15) is 9.18 Å². The average Bonchev–Trinajstić information content (AvgIpc) is 2.61. The first-order valence-corrected chi connectivity index (χ1v) is 6.56. The first-order valence-electron chi connectivity index (χ1n) is 6.56. The lowest BCUT2D eigenvalue weighted by Crippen LogP contribution is -2.12. The zero-order valence-corrected chi connectivity index (χ0v) is 11.6. The predicted molar refractivity (Wildman–Crippen MR) is 73.4 cm³/mol. The second-order valence-electron chi connectivity index (χ2n) is 5.60. The number of ketones is 1. The van der Waals surface area contributed by atoms with Gasteiger partial charge in [-0.2, -0.15) is 0 Å². The van der Waals surface area contributed by atoms with Gasteiger partial charge in [0.2, 0.25) is 0 Å². The van der Waals surface area contributed by atoms with Crippen molar-refractivity contribution in [2.75, 3.05) is 6.61 Å². The molecule has 0 unspecified atom stereocenters. The molecule has 0 fully saturated rings. The summed E-state index contributed by atoms with van der Waals surface area (Å²) in [6, 6.07) is 5.50. The van der Waals surface area contributed by atoms with Gasteiger partial charge in [0, 0.05) is 12.0 Å². The fraction of sp³-hybridized carbons (Fsp3) is 0.438. The second kappa shape index (κ2) is 5.16. The molecule has 0 aliphatic heterocycles. The maximum atomic E-state index is 12.5. The topological polar surface area (TPSA) is 26.3 Å². The lowest BCUT2D eigenvalue weighted by atomic mass is 9.86. The van der Waals surface area contributed by atoms with Crippen LogP contribution >= 0.6 is 0 Å². The Morgan fingerprint density at radius 3 is 2.84 bits per heavy atom. The molecule has 0 radical (unpaired) electrons. The molecule has 19 heavy (non-hydrogen) atoms. The fourth-order valence-electron chi connectivity index (χ4n) is 2.39. The third-order valence-corrected chi connectivity index (χ3v) is 3.66. The van der Waals surface area contributed by atoms with Crippen LogP contribution < -0.4 is 4.74 Å². The number of halogens is 1. The molecule has 0 bridgehead atoms. The Morgan fingerprint density at radius 2 is 2.21 bits per heavy atom. The van der Waals surface area contributed by atoms with Crippen LogP contribution in [0.25, 0.3) is 0 Å². The molecule has 0 N–H and O–H groups in total. The maximum Gasteiger partial charge on any atom is 0.164 e. The van der Waals surface area contributed by atoms with Gasteiger partial charge in [0.1, 0.15) is 12.4 Å². The maximum absolute atomic E-state index is 12.5. The first-order chi connectivity index (χ1) is 8.97. The third kappa shape index (κ3) is 2.70. The largest absolute Gasteiger partial charge is 0.489 e. The quantitative estimate of drug-likeness (QED) is 0.813. The highest BCUT2D eigenvalue weighted by molar-refractivity contribution is 6.02. The van der Waals surface area contributed by atoms with Crippen molar-refractivity contribution < 1.29 is 13.9 Å². The smallest absolute Gasteiger partial charge is 0.164 e. The highest BCUT2D eigenvalue weighted by Gasteiger charge is 2.35. The molecule has 0 atom stereocenters. The number of hydrogen-bond acceptors (Lipinski definition) is 2. The van der Waals surface area contributed by atoms with Crippen LogP contribution in [0.1, 0.15) is 49.5 Å². The minimum Gasteiger partial charge on any atom is -0.489 e. The zero-order chi connectivity index (χ0) is 14.0. The normalized spacial score (nSPS) is 17.5. The monoisotopic (exact) mass is 262 g/mol. The molecule has 0 heterocycles. The van der Waals surface area contributed by atoms with Gasteiger partial charge in [-0.1, -0.05) is 20.8 Å². The number of ether oxygens (including phenoxy) is 1. The lowest BCUT2D eigenvalue weighted by Gasteiger charge is -2.18. The molecule has 3 heteroatoms. The van der Waals surface area contributed by atoms with Gasteiger partial charge in [0.05, 0.1) is 6.33 Å². The summed E-state index contributed by atoms with van der Waals surface area (Å²) in [5.74, 6) is 0.874. The number of benzene rings is 1. The molecule has 0 saturated carbocycles. The molecule has 1 aromatic carbocycles. The van der Waals surface area contributed by atoms with Crippen molar-refractivity contribution in [1.82, 2.24) is 0 Å². The van der Waals surface area contributed by atoms with Gasteiger partial charge in [-0.25, -0.2) is 4.39 Å². The minimum absolute atomic E-state index is 0.144. The number of carbonyl (C=O) groups excluding carboxylic acids is 1. The van der Waals surface area contributed by atoms with E-state index in [-0.39, 0.29) is 17.8 Å². The van der Waals surface area contributed by atoms with Crippen LogP contribution in [0.5, 0.6) is 5.75 Å². The van der Waals surface area contributed by atoms with E-state index in [2.05, 4.69) is 13.8 Å². The molecule has 2 nitrogen and oxygen atoms in total. The minimum atomic E-state index is -0.144. The van der Waals surface area contributed by atoms with Gasteiger partial charge < -0.3 is 4.74 Å². The van der Waals surface area contributed by atoms with E-state index in [0.29, 0.717) is 30.5 Å². The van der Waals surface area contributed by atoms with Crippen molar-refractivity contribution in [3.8, 4) is 5.75 Å². The van der Waals surface area contributed by atoms with E-state index in [1.54, 1.807) is 6.07 Å². The first kappa shape index (κ1) is 13.8. The van der Waals surface area contributed by atoms with Crippen molar-refractivity contribution in [3.63, 3.8) is 0 Å². The van der Waals surface area contributed by atoms with Gasteiger partial charge in [-0.05, 0) is 41.2 Å². The van der Waals surface area contributed by atoms with E-state index < -0.39 is 0 Å².